The van der Waals surface area contributed by atoms with Gasteiger partial charge in [-0.3, -0.25) is 0 Å². The standard InChI is InChI=1S/C84H54Se2/c85-77-51-58(83-73-36-18-14-32-69(73)80(55-24-6-2-7-25-55)70-33-15-19-37-74(70)83)44-46-63(77)61-48-60(53-40-42-57(43-41-53)82-67-30-12-10-28-65(67)79(54-22-4-1-5-23-54)66-29-11-13-31-68(66)82)49-62(50-61)64-47-45-59(52-78(64)86)84-75-38-20-16-34-71(75)81(56-26-8-3-9-27-56)72-35-17-21-39-76(72)84/h1-2,4-8,10-52H,3,9H2. The van der Waals surface area contributed by atoms with Gasteiger partial charge in [-0.05, 0) is 11.1 Å². The fraction of sp³-hybridized carbons (Fsp3) is 0.0238. The van der Waals surface area contributed by atoms with Gasteiger partial charge in [-0.15, -0.1) is 0 Å². The van der Waals surface area contributed by atoms with Crippen molar-refractivity contribution in [1.29, 1.82) is 0 Å². The Hall–Kier alpha value is -9.62. The molecule has 0 amide bonds. The first-order valence-electron chi connectivity index (χ1n) is 29.7. The van der Waals surface area contributed by atoms with Gasteiger partial charge in [0.15, 0.2) is 0 Å². The fourth-order valence-electron chi connectivity index (χ4n) is 14.0. The van der Waals surface area contributed by atoms with Crippen molar-refractivity contribution in [3.05, 3.63) is 309 Å². The van der Waals surface area contributed by atoms with Gasteiger partial charge in [-0.2, -0.15) is 0 Å². The van der Waals surface area contributed by atoms with Crippen molar-refractivity contribution in [2.75, 3.05) is 0 Å². The second kappa shape index (κ2) is 21.8. The number of rotatable bonds is 9. The van der Waals surface area contributed by atoms with Gasteiger partial charge >= 0.3 is 444 Å². The third kappa shape index (κ3) is 8.88. The zero-order chi connectivity index (χ0) is 57.2. The number of hydrogen-bond acceptors (Lipinski definition) is 0. The zero-order valence-electron chi connectivity index (χ0n) is 47.1. The van der Waals surface area contributed by atoms with E-state index in [2.05, 4.69) is 335 Å². The van der Waals surface area contributed by atoms with E-state index in [-0.39, 0.29) is 0 Å². The van der Waals surface area contributed by atoms with Gasteiger partial charge in [0, 0.05) is 0 Å². The first kappa shape index (κ1) is 52.0. The molecule has 86 heavy (non-hydrogen) atoms. The quantitative estimate of drug-likeness (QED) is 0.0998. The van der Waals surface area contributed by atoms with Crippen LogP contribution in [0, 0.1) is 0 Å². The van der Waals surface area contributed by atoms with E-state index in [0.29, 0.717) is 0 Å². The summed E-state index contributed by atoms with van der Waals surface area (Å²) >= 11 is 7.16. The summed E-state index contributed by atoms with van der Waals surface area (Å²) in [5.74, 6) is 0. The van der Waals surface area contributed by atoms with Crippen molar-refractivity contribution in [3.8, 4) is 89.0 Å². The molecule has 0 saturated heterocycles. The predicted octanol–water partition coefficient (Wildman–Crippen LogP) is 21.3. The van der Waals surface area contributed by atoms with Gasteiger partial charge in [0.2, 0.25) is 0 Å². The van der Waals surface area contributed by atoms with Crippen molar-refractivity contribution >= 4 is 111 Å². The second-order valence-corrected chi connectivity index (χ2v) is 24.5. The van der Waals surface area contributed by atoms with Crippen molar-refractivity contribution in [2.45, 2.75) is 12.8 Å². The molecule has 0 saturated carbocycles. The molecule has 15 aromatic rings. The molecule has 0 heterocycles. The maximum absolute atomic E-state index is 3.58. The second-order valence-electron chi connectivity index (χ2n) is 22.7. The van der Waals surface area contributed by atoms with Gasteiger partial charge in [-0.1, -0.05) is 66.7 Å². The molecule has 1 aliphatic carbocycles. The van der Waals surface area contributed by atoms with Crippen LogP contribution in [-0.2, 0) is 0 Å². The van der Waals surface area contributed by atoms with Crippen LogP contribution in [0.2, 0.25) is 0 Å². The normalized spacial score (nSPS) is 12.4. The summed E-state index contributed by atoms with van der Waals surface area (Å²) in [6.07, 6.45) is 9.19. The van der Waals surface area contributed by atoms with Crippen LogP contribution in [0.1, 0.15) is 18.4 Å². The topological polar surface area (TPSA) is 0 Å². The molecule has 16 rings (SSSR count). The van der Waals surface area contributed by atoms with Crippen molar-refractivity contribution in [1.82, 2.24) is 0 Å². The molecule has 15 aromatic carbocycles. The molecule has 2 heteroatoms. The van der Waals surface area contributed by atoms with Crippen LogP contribution in [0.25, 0.3) is 159 Å². The van der Waals surface area contributed by atoms with Gasteiger partial charge in [0.05, 0.1) is 0 Å². The van der Waals surface area contributed by atoms with Crippen LogP contribution in [0.5, 0.6) is 0 Å². The summed E-state index contributed by atoms with van der Waals surface area (Å²) in [5, 5.41) is 15.1. The van der Waals surface area contributed by atoms with Crippen molar-refractivity contribution in [2.24, 2.45) is 0 Å². The van der Waals surface area contributed by atoms with Gasteiger partial charge in [0.1, 0.15) is 0 Å². The molecule has 402 valence electrons. The van der Waals surface area contributed by atoms with Gasteiger partial charge in [0.25, 0.3) is 0 Å². The Bertz CT molecular complexity index is 5110. The van der Waals surface area contributed by atoms with E-state index in [0.717, 1.165) is 55.1 Å². The molecule has 0 spiro atoms. The van der Waals surface area contributed by atoms with Crippen LogP contribution in [-0.4, -0.2) is 32.0 Å². The van der Waals surface area contributed by atoms with Crippen LogP contribution >= 0.6 is 0 Å². The molecule has 2 radical (unpaired) electrons. The average Bonchev–Trinajstić information content (AvgIpc) is 1.03. The van der Waals surface area contributed by atoms with Crippen LogP contribution in [0.4, 0.5) is 0 Å². The number of allylic oxidation sites excluding steroid dienone is 4. The number of hydrogen-bond donors (Lipinski definition) is 0. The Kier molecular flexibility index (Phi) is 13.2. The zero-order valence-corrected chi connectivity index (χ0v) is 50.5. The Morgan fingerprint density at radius 2 is 0.488 bits per heavy atom. The van der Waals surface area contributed by atoms with E-state index in [1.165, 1.54) is 131 Å². The molecule has 0 fully saturated rings. The molecule has 0 bridgehead atoms. The minimum atomic E-state index is 1.06. The van der Waals surface area contributed by atoms with Crippen LogP contribution in [0.15, 0.2) is 303 Å². The summed E-state index contributed by atoms with van der Waals surface area (Å²) in [7, 11) is 0. The third-order valence-electron chi connectivity index (χ3n) is 17.8. The van der Waals surface area contributed by atoms with E-state index < -0.39 is 0 Å². The molecule has 0 unspecified atom stereocenters. The first-order chi connectivity index (χ1) is 42.5. The molecule has 1 aliphatic rings. The summed E-state index contributed by atoms with van der Waals surface area (Å²) in [4.78, 5) is 0. The van der Waals surface area contributed by atoms with E-state index >= 15 is 0 Å². The Balaban J connectivity index is 0.857. The first-order valence-corrected chi connectivity index (χ1v) is 31.4. The summed E-state index contributed by atoms with van der Waals surface area (Å²) < 4.78 is 2.20. The molecule has 0 N–H and O–H groups in total. The van der Waals surface area contributed by atoms with Gasteiger partial charge in [-0.25, -0.2) is 0 Å². The average molecular weight is 1220 g/mol. The summed E-state index contributed by atoms with van der Waals surface area (Å²) in [5.41, 5.74) is 21.8. The Morgan fingerprint density at radius 1 is 0.209 bits per heavy atom. The Labute approximate surface area is 518 Å². The number of fused-ring (bicyclic) bond motifs is 6. The SMILES string of the molecule is [Se]c1cc(-c2c3ccccc3c(C3=CCCC=C3)c3ccccc23)ccc1-c1cc(-c2ccc(-c3c4ccccc4c(-c4ccccc4)c4ccccc34)cc2)cc(-c2ccc(-c3c4ccccc4c(-c4ccccc4)c4ccccc34)cc2[Se])c1. The van der Waals surface area contributed by atoms with E-state index in [1.54, 1.807) is 0 Å². The molecule has 0 nitrogen and oxygen atoms in total. The van der Waals surface area contributed by atoms with Crippen LogP contribution < -0.4 is 8.92 Å². The van der Waals surface area contributed by atoms with E-state index in [1.807, 2.05) is 0 Å². The summed E-state index contributed by atoms with van der Waals surface area (Å²) in [6.45, 7) is 0. The predicted molar refractivity (Wildman–Crippen MR) is 372 cm³/mol. The molecule has 0 atom stereocenters. The molecule has 0 aliphatic heterocycles. The van der Waals surface area contributed by atoms with E-state index in [9.17, 15) is 0 Å². The molecular weight excluding hydrogens is 1170 g/mol. The minimum absolute atomic E-state index is 1.06. The third-order valence-corrected chi connectivity index (χ3v) is 19.2. The van der Waals surface area contributed by atoms with Crippen LogP contribution in [0.3, 0.4) is 0 Å². The molecular formula is C84H54Se2. The van der Waals surface area contributed by atoms with Gasteiger partial charge < -0.3 is 0 Å². The fourth-order valence-corrected chi connectivity index (χ4v) is 15.3. The van der Waals surface area contributed by atoms with Crippen molar-refractivity contribution in [3.63, 3.8) is 0 Å². The number of benzene rings is 15. The molecule has 0 aromatic heterocycles. The van der Waals surface area contributed by atoms with E-state index in [4.69, 9.17) is 0 Å². The summed E-state index contributed by atoms with van der Waals surface area (Å²) in [6, 6.07) is 106. The monoisotopic (exact) mass is 1220 g/mol. The Morgan fingerprint density at radius 3 is 0.814 bits per heavy atom. The van der Waals surface area contributed by atoms with Crippen molar-refractivity contribution < 1.29 is 0 Å². The maximum atomic E-state index is 3.58.